The largest absolute Gasteiger partial charge is 0.281 e. The van der Waals surface area contributed by atoms with E-state index in [1.54, 1.807) is 0 Å². The summed E-state index contributed by atoms with van der Waals surface area (Å²) in [5.41, 5.74) is 0. The molecule has 0 aromatic heterocycles. The first-order valence-corrected chi connectivity index (χ1v) is 2.38. The van der Waals surface area contributed by atoms with Crippen LogP contribution in [0.5, 0.6) is 0 Å². The van der Waals surface area contributed by atoms with E-state index in [0.29, 0.717) is 0 Å². The molecule has 0 bridgehead atoms. The zero-order valence-electron chi connectivity index (χ0n) is 3.98. The molecule has 0 aromatic carbocycles. The van der Waals surface area contributed by atoms with Gasteiger partial charge in [-0.25, -0.2) is 0 Å². The zero-order valence-corrected chi connectivity index (χ0v) is 7.71. The van der Waals surface area contributed by atoms with Crippen LogP contribution in [0.25, 0.3) is 0 Å². The van der Waals surface area contributed by atoms with E-state index in [-0.39, 0.29) is 30.6 Å². The Balaban J connectivity index is 0.000000360. The molecular weight excluding hydrogens is 165 g/mol. The molecule has 0 atom stereocenters. The maximum Gasteiger partial charge on any atom is 0.224 e. The van der Waals surface area contributed by atoms with Gasteiger partial charge in [-0.1, -0.05) is 0 Å². The molecule has 0 radical (unpaired) electrons. The van der Waals surface area contributed by atoms with E-state index in [2.05, 4.69) is 0 Å². The van der Waals surface area contributed by atoms with Crippen LogP contribution in [0.15, 0.2) is 0 Å². The summed E-state index contributed by atoms with van der Waals surface area (Å²) in [6.45, 7) is 0. The molecule has 0 aliphatic heterocycles. The van der Waals surface area contributed by atoms with Crippen LogP contribution in [-0.4, -0.2) is 5.24 Å². The zero-order chi connectivity index (χ0) is 4.57. The second-order valence-electron chi connectivity index (χ2n) is 1.58. The molecule has 0 N–H and O–H groups in total. The van der Waals surface area contributed by atoms with Crippen molar-refractivity contribution in [3.05, 3.63) is 0 Å². The van der Waals surface area contributed by atoms with Crippen LogP contribution < -0.4 is 0 Å². The van der Waals surface area contributed by atoms with Crippen molar-refractivity contribution in [1.29, 1.82) is 0 Å². The van der Waals surface area contributed by atoms with Gasteiger partial charge in [0.15, 0.2) is 0 Å². The molecule has 1 rings (SSSR count). The summed E-state index contributed by atoms with van der Waals surface area (Å²) in [6.07, 6.45) is 2.03. The van der Waals surface area contributed by atoms with Gasteiger partial charge in [0.2, 0.25) is 5.24 Å². The van der Waals surface area contributed by atoms with Gasteiger partial charge < -0.3 is 0 Å². The SMILES string of the molecule is O=C(Cl)C1CC1.[Zn]. The van der Waals surface area contributed by atoms with E-state index in [0.717, 1.165) is 12.8 Å². The van der Waals surface area contributed by atoms with Gasteiger partial charge in [0.1, 0.15) is 0 Å². The summed E-state index contributed by atoms with van der Waals surface area (Å²) < 4.78 is 0. The van der Waals surface area contributed by atoms with Crippen LogP contribution in [0.3, 0.4) is 0 Å². The van der Waals surface area contributed by atoms with Gasteiger partial charge in [-0.05, 0) is 24.4 Å². The molecule has 0 saturated heterocycles. The van der Waals surface area contributed by atoms with Crippen LogP contribution in [0.1, 0.15) is 12.8 Å². The van der Waals surface area contributed by atoms with Crippen molar-refractivity contribution in [3.8, 4) is 0 Å². The van der Waals surface area contributed by atoms with Crippen molar-refractivity contribution >= 4 is 16.8 Å². The van der Waals surface area contributed by atoms with Gasteiger partial charge in [0.05, 0.1) is 0 Å². The third kappa shape index (κ3) is 2.40. The van der Waals surface area contributed by atoms with Crippen molar-refractivity contribution in [3.63, 3.8) is 0 Å². The van der Waals surface area contributed by atoms with E-state index < -0.39 is 0 Å². The minimum atomic E-state index is -0.157. The number of rotatable bonds is 1. The molecular formula is C4H5ClOZn. The summed E-state index contributed by atoms with van der Waals surface area (Å²) >= 11 is 5.04. The van der Waals surface area contributed by atoms with Crippen LogP contribution in [0.4, 0.5) is 0 Å². The molecule has 36 valence electrons. The van der Waals surface area contributed by atoms with E-state index in [1.165, 1.54) is 0 Å². The Labute approximate surface area is 60.2 Å². The predicted octanol–water partition coefficient (Wildman–Crippen LogP) is 1.16. The minimum Gasteiger partial charge on any atom is -0.281 e. The Morgan fingerprint density at radius 2 is 2.00 bits per heavy atom. The quantitative estimate of drug-likeness (QED) is 0.426. The third-order valence-corrected chi connectivity index (χ3v) is 1.21. The Kier molecular flexibility index (Phi) is 3.02. The van der Waals surface area contributed by atoms with Gasteiger partial charge >= 0.3 is 0 Å². The first-order chi connectivity index (χ1) is 2.80. The summed E-state index contributed by atoms with van der Waals surface area (Å²) in [7, 11) is 0. The molecule has 1 aliphatic carbocycles. The van der Waals surface area contributed by atoms with Gasteiger partial charge in [0, 0.05) is 25.4 Å². The molecule has 0 aromatic rings. The standard InChI is InChI=1S/C4H5ClO.Zn/c5-4(6)3-1-2-3;/h3H,1-2H2;. The van der Waals surface area contributed by atoms with Crippen LogP contribution >= 0.6 is 11.6 Å². The average Bonchev–Trinajstić information content (AvgIpc) is 2.06. The van der Waals surface area contributed by atoms with Crippen molar-refractivity contribution in [2.24, 2.45) is 5.92 Å². The summed E-state index contributed by atoms with van der Waals surface area (Å²) in [6, 6.07) is 0. The van der Waals surface area contributed by atoms with E-state index in [4.69, 9.17) is 11.6 Å². The third-order valence-electron chi connectivity index (χ3n) is 0.898. The topological polar surface area (TPSA) is 17.1 Å². The number of hydrogen-bond acceptors (Lipinski definition) is 1. The Hall–Kier alpha value is 0.583. The summed E-state index contributed by atoms with van der Waals surface area (Å²) in [5.74, 6) is 0.228. The molecule has 1 aliphatic rings. The maximum absolute atomic E-state index is 9.97. The molecule has 1 saturated carbocycles. The number of carbonyl (C=O) groups is 1. The number of carbonyl (C=O) groups excluding carboxylic acids is 1. The van der Waals surface area contributed by atoms with Crippen molar-refractivity contribution < 1.29 is 24.3 Å². The first kappa shape index (κ1) is 7.58. The van der Waals surface area contributed by atoms with Gasteiger partial charge in [-0.2, -0.15) is 0 Å². The van der Waals surface area contributed by atoms with Crippen molar-refractivity contribution in [1.82, 2.24) is 0 Å². The molecule has 3 heteroatoms. The van der Waals surface area contributed by atoms with E-state index >= 15 is 0 Å². The minimum absolute atomic E-state index is 0. The molecule has 7 heavy (non-hydrogen) atoms. The van der Waals surface area contributed by atoms with Crippen molar-refractivity contribution in [2.45, 2.75) is 12.8 Å². The van der Waals surface area contributed by atoms with Crippen LogP contribution in [0.2, 0.25) is 0 Å². The average molecular weight is 170 g/mol. The smallest absolute Gasteiger partial charge is 0.224 e. The summed E-state index contributed by atoms with van der Waals surface area (Å²) in [4.78, 5) is 9.97. The Morgan fingerprint density at radius 1 is 1.57 bits per heavy atom. The first-order valence-electron chi connectivity index (χ1n) is 2.00. The molecule has 1 nitrogen and oxygen atoms in total. The second kappa shape index (κ2) is 2.79. The fourth-order valence-corrected chi connectivity index (χ4v) is 0.529. The Morgan fingerprint density at radius 3 is 2.00 bits per heavy atom. The van der Waals surface area contributed by atoms with Gasteiger partial charge in [-0.3, -0.25) is 4.79 Å². The second-order valence-corrected chi connectivity index (χ2v) is 1.95. The van der Waals surface area contributed by atoms with Gasteiger partial charge in [0.25, 0.3) is 0 Å². The number of halogens is 1. The monoisotopic (exact) mass is 168 g/mol. The molecule has 0 heterocycles. The van der Waals surface area contributed by atoms with E-state index in [9.17, 15) is 4.79 Å². The van der Waals surface area contributed by atoms with Crippen molar-refractivity contribution in [2.75, 3.05) is 0 Å². The normalized spacial score (nSPS) is 17.9. The molecule has 1 fully saturated rings. The summed E-state index contributed by atoms with van der Waals surface area (Å²) in [5, 5.41) is -0.157. The fourth-order valence-electron chi connectivity index (χ4n) is 0.310. The van der Waals surface area contributed by atoms with Crippen LogP contribution in [0, 0.1) is 5.92 Å². The molecule has 0 unspecified atom stereocenters. The fraction of sp³-hybridized carbons (Fsp3) is 0.750. The van der Waals surface area contributed by atoms with Crippen LogP contribution in [-0.2, 0) is 24.3 Å². The Bertz CT molecular complexity index is 79.8. The molecule has 0 spiro atoms. The molecule has 0 amide bonds. The predicted molar refractivity (Wildman–Crippen MR) is 23.6 cm³/mol. The van der Waals surface area contributed by atoms with Gasteiger partial charge in [-0.15, -0.1) is 0 Å². The van der Waals surface area contributed by atoms with E-state index in [1.807, 2.05) is 0 Å². The maximum atomic E-state index is 9.97. The number of hydrogen-bond donors (Lipinski definition) is 0.